The van der Waals surface area contributed by atoms with Crippen molar-refractivity contribution in [2.24, 2.45) is 0 Å². The standard InChI is InChI=1S/C24H44NO8P/c1-3-5-6-7-8-9-10-11-12-13-14-15-16-17-24(28)31-20-22(26)21-33-34(29,30)32-19-18-25-23(27)4-2/h6-7,9-10,22,26H,3-5,8,11-21H2,1-2H3,(H,25,27)(H,29,30)/b7-6-,10-9-. The lowest BCUT2D eigenvalue weighted by molar-refractivity contribution is -0.147. The monoisotopic (exact) mass is 505 g/mol. The Morgan fingerprint density at radius 3 is 2.32 bits per heavy atom. The summed E-state index contributed by atoms with van der Waals surface area (Å²) >= 11 is 0. The maximum absolute atomic E-state index is 11.8. The van der Waals surface area contributed by atoms with Crippen molar-refractivity contribution in [3.05, 3.63) is 24.3 Å². The third-order valence-corrected chi connectivity index (χ3v) is 5.66. The van der Waals surface area contributed by atoms with E-state index in [1.54, 1.807) is 6.92 Å². The molecule has 9 nitrogen and oxygen atoms in total. The van der Waals surface area contributed by atoms with Crippen molar-refractivity contribution in [2.45, 2.75) is 90.6 Å². The van der Waals surface area contributed by atoms with Crippen molar-refractivity contribution in [3.8, 4) is 0 Å². The van der Waals surface area contributed by atoms with Gasteiger partial charge in [0.05, 0.1) is 13.2 Å². The van der Waals surface area contributed by atoms with Crippen LogP contribution >= 0.6 is 7.82 Å². The number of nitrogens with one attached hydrogen (secondary N) is 1. The second kappa shape index (κ2) is 22.0. The molecule has 0 saturated carbocycles. The van der Waals surface area contributed by atoms with Crippen LogP contribution in [0.3, 0.4) is 0 Å². The second-order valence-electron chi connectivity index (χ2n) is 7.91. The first-order valence-electron chi connectivity index (χ1n) is 12.3. The maximum atomic E-state index is 11.8. The number of hydrogen-bond acceptors (Lipinski definition) is 7. The van der Waals surface area contributed by atoms with Gasteiger partial charge in [-0.2, -0.15) is 0 Å². The van der Waals surface area contributed by atoms with Crippen molar-refractivity contribution in [1.29, 1.82) is 0 Å². The Bertz CT molecular complexity index is 638. The number of carbonyl (C=O) groups is 2. The van der Waals surface area contributed by atoms with Gasteiger partial charge >= 0.3 is 13.8 Å². The van der Waals surface area contributed by atoms with Gasteiger partial charge in [-0.1, -0.05) is 63.8 Å². The average molecular weight is 506 g/mol. The van der Waals surface area contributed by atoms with Gasteiger partial charge in [0.25, 0.3) is 0 Å². The van der Waals surface area contributed by atoms with Gasteiger partial charge in [0.1, 0.15) is 12.7 Å². The molecule has 0 aromatic rings. The molecular formula is C24H44NO8P. The third kappa shape index (κ3) is 22.3. The number of phosphoric ester groups is 1. The number of carbonyl (C=O) groups excluding carboxylic acids is 2. The number of rotatable bonds is 22. The molecule has 3 N–H and O–H groups in total. The van der Waals surface area contributed by atoms with E-state index in [1.807, 2.05) is 0 Å². The number of aliphatic hydroxyl groups is 1. The molecule has 2 unspecified atom stereocenters. The number of aliphatic hydroxyl groups excluding tert-OH is 1. The van der Waals surface area contributed by atoms with E-state index < -0.39 is 26.5 Å². The van der Waals surface area contributed by atoms with Gasteiger partial charge in [-0.05, 0) is 32.1 Å². The van der Waals surface area contributed by atoms with Crippen LogP contribution in [0.1, 0.15) is 84.5 Å². The molecule has 0 saturated heterocycles. The van der Waals surface area contributed by atoms with Gasteiger partial charge in [-0.3, -0.25) is 18.6 Å². The van der Waals surface area contributed by atoms with Crippen molar-refractivity contribution in [3.63, 3.8) is 0 Å². The number of hydrogen-bond donors (Lipinski definition) is 3. The van der Waals surface area contributed by atoms with Crippen LogP contribution in [0.2, 0.25) is 0 Å². The molecule has 0 aliphatic rings. The first kappa shape index (κ1) is 32.5. The number of phosphoric acid groups is 1. The molecule has 0 fully saturated rings. The molecule has 0 aliphatic heterocycles. The Balaban J connectivity index is 3.66. The fourth-order valence-electron chi connectivity index (χ4n) is 2.74. The van der Waals surface area contributed by atoms with Gasteiger partial charge in [-0.25, -0.2) is 4.57 Å². The van der Waals surface area contributed by atoms with E-state index in [0.717, 1.165) is 51.4 Å². The van der Waals surface area contributed by atoms with Crippen molar-refractivity contribution in [2.75, 3.05) is 26.4 Å². The molecule has 0 heterocycles. The summed E-state index contributed by atoms with van der Waals surface area (Å²) in [5.74, 6) is -0.628. The highest BCUT2D eigenvalue weighted by molar-refractivity contribution is 7.47. The zero-order chi connectivity index (χ0) is 25.5. The predicted octanol–water partition coefficient (Wildman–Crippen LogP) is 4.58. The molecule has 0 aromatic carbocycles. The van der Waals surface area contributed by atoms with Gasteiger partial charge in [-0.15, -0.1) is 0 Å². The van der Waals surface area contributed by atoms with E-state index in [2.05, 4.69) is 45.6 Å². The molecule has 0 spiro atoms. The summed E-state index contributed by atoms with van der Waals surface area (Å²) in [6.45, 7) is 2.85. The average Bonchev–Trinajstić information content (AvgIpc) is 2.82. The van der Waals surface area contributed by atoms with Crippen LogP contribution in [0.15, 0.2) is 24.3 Å². The van der Waals surface area contributed by atoms with Crippen LogP contribution in [-0.2, 0) is 27.9 Å². The highest BCUT2D eigenvalue weighted by Crippen LogP contribution is 2.42. The van der Waals surface area contributed by atoms with E-state index >= 15 is 0 Å². The molecule has 34 heavy (non-hydrogen) atoms. The first-order chi connectivity index (χ1) is 16.3. The van der Waals surface area contributed by atoms with Gasteiger partial charge in [0.15, 0.2) is 0 Å². The van der Waals surface area contributed by atoms with E-state index in [9.17, 15) is 24.2 Å². The number of ether oxygens (including phenoxy) is 1. The van der Waals surface area contributed by atoms with Crippen LogP contribution in [-0.4, -0.2) is 54.3 Å². The third-order valence-electron chi connectivity index (χ3n) is 4.68. The minimum absolute atomic E-state index is 0.0643. The van der Waals surface area contributed by atoms with Crippen molar-refractivity contribution < 1.29 is 37.9 Å². The van der Waals surface area contributed by atoms with Crippen LogP contribution < -0.4 is 5.32 Å². The number of amides is 1. The highest BCUT2D eigenvalue weighted by Gasteiger charge is 2.23. The molecule has 0 rings (SSSR count). The number of allylic oxidation sites excluding steroid dienone is 4. The number of unbranched alkanes of at least 4 members (excludes halogenated alkanes) is 6. The summed E-state index contributed by atoms with van der Waals surface area (Å²) < 4.78 is 26.0. The highest BCUT2D eigenvalue weighted by atomic mass is 31.2. The minimum Gasteiger partial charge on any atom is -0.463 e. The topological polar surface area (TPSA) is 131 Å². The van der Waals surface area contributed by atoms with E-state index in [-0.39, 0.29) is 32.1 Å². The van der Waals surface area contributed by atoms with Crippen molar-refractivity contribution >= 4 is 19.7 Å². The molecule has 2 atom stereocenters. The van der Waals surface area contributed by atoms with Crippen LogP contribution in [0.25, 0.3) is 0 Å². The van der Waals surface area contributed by atoms with E-state index in [4.69, 9.17) is 4.74 Å². The van der Waals surface area contributed by atoms with E-state index in [1.165, 1.54) is 6.42 Å². The zero-order valence-corrected chi connectivity index (χ0v) is 21.7. The molecule has 0 bridgehead atoms. The molecule has 198 valence electrons. The van der Waals surface area contributed by atoms with Crippen molar-refractivity contribution in [1.82, 2.24) is 5.32 Å². The second-order valence-corrected chi connectivity index (χ2v) is 9.37. The van der Waals surface area contributed by atoms with E-state index in [0.29, 0.717) is 6.42 Å². The summed E-state index contributed by atoms with van der Waals surface area (Å²) in [6, 6.07) is 0. The van der Waals surface area contributed by atoms with Gasteiger partial charge in [0, 0.05) is 19.4 Å². The Morgan fingerprint density at radius 1 is 0.941 bits per heavy atom. The SMILES string of the molecule is CCC/C=C\C/C=C\CCCCCCCC(=O)OCC(O)COP(=O)(O)OCCNC(=O)CC. The number of esters is 1. The Morgan fingerprint density at radius 2 is 1.62 bits per heavy atom. The molecule has 1 amide bonds. The van der Waals surface area contributed by atoms with Crippen LogP contribution in [0.5, 0.6) is 0 Å². The van der Waals surface area contributed by atoms with Gasteiger partial charge < -0.3 is 20.1 Å². The first-order valence-corrected chi connectivity index (χ1v) is 13.8. The fraction of sp³-hybridized carbons (Fsp3) is 0.750. The Hall–Kier alpha value is -1.51. The fourth-order valence-corrected chi connectivity index (χ4v) is 3.50. The lowest BCUT2D eigenvalue weighted by Crippen LogP contribution is -2.26. The van der Waals surface area contributed by atoms with Crippen LogP contribution in [0, 0.1) is 0 Å². The lowest BCUT2D eigenvalue weighted by atomic mass is 10.1. The smallest absolute Gasteiger partial charge is 0.463 e. The normalized spacial score (nSPS) is 14.4. The summed E-state index contributed by atoms with van der Waals surface area (Å²) in [7, 11) is -4.37. The summed E-state index contributed by atoms with van der Waals surface area (Å²) in [6.07, 6.45) is 17.5. The maximum Gasteiger partial charge on any atom is 0.472 e. The summed E-state index contributed by atoms with van der Waals surface area (Å²) in [5.41, 5.74) is 0. The Kier molecular flexibility index (Phi) is 21.0. The lowest BCUT2D eigenvalue weighted by Gasteiger charge is -2.15. The molecule has 0 aromatic heterocycles. The molecule has 0 radical (unpaired) electrons. The predicted molar refractivity (Wildman–Crippen MR) is 132 cm³/mol. The molecular weight excluding hydrogens is 461 g/mol. The molecule has 0 aliphatic carbocycles. The summed E-state index contributed by atoms with van der Waals surface area (Å²) in [5, 5.41) is 12.2. The molecule has 10 heteroatoms. The minimum atomic E-state index is -4.37. The van der Waals surface area contributed by atoms with Crippen LogP contribution in [0.4, 0.5) is 0 Å². The zero-order valence-electron chi connectivity index (χ0n) is 20.8. The largest absolute Gasteiger partial charge is 0.472 e. The van der Waals surface area contributed by atoms with Gasteiger partial charge in [0.2, 0.25) is 5.91 Å². The Labute approximate surface area is 204 Å². The quantitative estimate of drug-likeness (QED) is 0.0843. The summed E-state index contributed by atoms with van der Waals surface area (Å²) in [4.78, 5) is 32.3.